The molecule has 1 aromatic heterocycles. The topological polar surface area (TPSA) is 77.5 Å². The van der Waals surface area contributed by atoms with E-state index in [2.05, 4.69) is 5.32 Å². The van der Waals surface area contributed by atoms with E-state index >= 15 is 0 Å². The van der Waals surface area contributed by atoms with Crippen LogP contribution in [0.2, 0.25) is 5.22 Å². The molecule has 2 aromatic rings. The zero-order chi connectivity index (χ0) is 13.8. The lowest BCUT2D eigenvalue weighted by Crippen LogP contribution is -2.01. The number of hydrogen-bond acceptors (Lipinski definition) is 5. The first-order chi connectivity index (χ1) is 9.10. The van der Waals surface area contributed by atoms with Crippen molar-refractivity contribution in [1.82, 2.24) is 0 Å². The van der Waals surface area contributed by atoms with E-state index in [0.717, 1.165) is 0 Å². The van der Waals surface area contributed by atoms with Crippen molar-refractivity contribution in [2.75, 3.05) is 12.4 Å². The molecule has 1 heterocycles. The minimum Gasteiger partial charge on any atom is -0.494 e. The third kappa shape index (κ3) is 3.17. The Hall–Kier alpha value is -2.21. The van der Waals surface area contributed by atoms with Gasteiger partial charge < -0.3 is 14.5 Å². The van der Waals surface area contributed by atoms with Gasteiger partial charge in [0.15, 0.2) is 5.22 Å². The minimum atomic E-state index is -0.474. The molecule has 0 amide bonds. The number of nitrogens with one attached hydrogen (secondary N) is 1. The summed E-state index contributed by atoms with van der Waals surface area (Å²) in [5.74, 6) is 1.05. The predicted molar refractivity (Wildman–Crippen MR) is 70.7 cm³/mol. The van der Waals surface area contributed by atoms with E-state index in [1.807, 2.05) is 0 Å². The van der Waals surface area contributed by atoms with E-state index < -0.39 is 4.92 Å². The van der Waals surface area contributed by atoms with Gasteiger partial charge in [0.25, 0.3) is 5.69 Å². The lowest BCUT2D eigenvalue weighted by atomic mass is 10.2. The second kappa shape index (κ2) is 5.62. The van der Waals surface area contributed by atoms with Gasteiger partial charge in [0.05, 0.1) is 30.3 Å². The smallest absolute Gasteiger partial charge is 0.273 e. The molecule has 0 atom stereocenters. The maximum absolute atomic E-state index is 10.7. The highest BCUT2D eigenvalue weighted by atomic mass is 35.5. The van der Waals surface area contributed by atoms with Crippen LogP contribution in [0.15, 0.2) is 34.7 Å². The average Bonchev–Trinajstić information content (AvgIpc) is 2.81. The van der Waals surface area contributed by atoms with Crippen molar-refractivity contribution in [3.8, 4) is 5.75 Å². The van der Waals surface area contributed by atoms with Gasteiger partial charge in [0.1, 0.15) is 11.5 Å². The zero-order valence-electron chi connectivity index (χ0n) is 10.1. The summed E-state index contributed by atoms with van der Waals surface area (Å²) in [4.78, 5) is 10.2. The highest BCUT2D eigenvalue weighted by Crippen LogP contribution is 2.29. The van der Waals surface area contributed by atoms with Crippen LogP contribution in [0, 0.1) is 10.1 Å². The number of anilines is 1. The summed E-state index contributed by atoms with van der Waals surface area (Å²) in [7, 11) is 1.45. The number of hydrogen-bond donors (Lipinski definition) is 1. The van der Waals surface area contributed by atoms with E-state index in [1.165, 1.54) is 19.2 Å². The minimum absolute atomic E-state index is 0.0246. The number of halogens is 1. The van der Waals surface area contributed by atoms with Gasteiger partial charge in [0.2, 0.25) is 0 Å². The lowest BCUT2D eigenvalue weighted by Gasteiger charge is -2.09. The standard InChI is InChI=1S/C12H11ClN2O4/c1-18-11-6-8(15(16)17)2-4-10(11)14-7-9-3-5-12(13)19-9/h2-6,14H,7H2,1H3. The third-order valence-corrected chi connectivity index (χ3v) is 2.68. The van der Waals surface area contributed by atoms with E-state index in [4.69, 9.17) is 20.8 Å². The molecule has 0 aliphatic carbocycles. The Balaban J connectivity index is 2.13. The molecule has 2 rings (SSSR count). The molecule has 100 valence electrons. The number of nitro benzene ring substituents is 1. The summed E-state index contributed by atoms with van der Waals surface area (Å²) >= 11 is 5.66. The fourth-order valence-corrected chi connectivity index (χ4v) is 1.73. The highest BCUT2D eigenvalue weighted by molar-refractivity contribution is 6.28. The number of ether oxygens (including phenoxy) is 1. The molecule has 0 fully saturated rings. The third-order valence-electron chi connectivity index (χ3n) is 2.48. The number of nitro groups is 1. The molecule has 0 saturated carbocycles. The zero-order valence-corrected chi connectivity index (χ0v) is 10.8. The van der Waals surface area contributed by atoms with Gasteiger partial charge in [-0.15, -0.1) is 0 Å². The van der Waals surface area contributed by atoms with Gasteiger partial charge in [-0.05, 0) is 29.8 Å². The molecule has 0 unspecified atom stereocenters. The van der Waals surface area contributed by atoms with E-state index in [9.17, 15) is 10.1 Å². The van der Waals surface area contributed by atoms with Crippen LogP contribution in [0.3, 0.4) is 0 Å². The first-order valence-electron chi connectivity index (χ1n) is 5.40. The second-order valence-corrected chi connectivity index (χ2v) is 4.07. The van der Waals surface area contributed by atoms with Crippen LogP contribution in [0.1, 0.15) is 5.76 Å². The summed E-state index contributed by atoms with van der Waals surface area (Å²) in [6.45, 7) is 0.404. The molecule has 0 aliphatic heterocycles. The van der Waals surface area contributed by atoms with Gasteiger partial charge in [-0.25, -0.2) is 0 Å². The number of furan rings is 1. The van der Waals surface area contributed by atoms with E-state index in [1.54, 1.807) is 18.2 Å². The first-order valence-corrected chi connectivity index (χ1v) is 5.78. The molecular formula is C12H11ClN2O4. The van der Waals surface area contributed by atoms with Crippen LogP contribution in [0.5, 0.6) is 5.75 Å². The Morgan fingerprint density at radius 1 is 1.42 bits per heavy atom. The largest absolute Gasteiger partial charge is 0.494 e. The second-order valence-electron chi connectivity index (χ2n) is 3.70. The fraction of sp³-hybridized carbons (Fsp3) is 0.167. The molecule has 7 heteroatoms. The quantitative estimate of drug-likeness (QED) is 0.671. The predicted octanol–water partition coefficient (Wildman–Crippen LogP) is 3.46. The molecule has 1 aromatic carbocycles. The van der Waals surface area contributed by atoms with Crippen LogP contribution in [-0.2, 0) is 6.54 Å². The van der Waals surface area contributed by atoms with Gasteiger partial charge in [-0.2, -0.15) is 0 Å². The Labute approximate surface area is 114 Å². The molecule has 0 aliphatic rings. The van der Waals surface area contributed by atoms with Crippen molar-refractivity contribution >= 4 is 23.0 Å². The van der Waals surface area contributed by atoms with Crippen molar-refractivity contribution in [1.29, 1.82) is 0 Å². The first kappa shape index (κ1) is 13.2. The van der Waals surface area contributed by atoms with Crippen molar-refractivity contribution in [3.63, 3.8) is 0 Å². The molecule has 19 heavy (non-hydrogen) atoms. The Morgan fingerprint density at radius 2 is 2.21 bits per heavy atom. The average molecular weight is 283 g/mol. The van der Waals surface area contributed by atoms with Crippen molar-refractivity contribution < 1.29 is 14.1 Å². The summed E-state index contributed by atoms with van der Waals surface area (Å²) in [6, 6.07) is 7.73. The van der Waals surface area contributed by atoms with Crippen LogP contribution in [0.25, 0.3) is 0 Å². The lowest BCUT2D eigenvalue weighted by molar-refractivity contribution is -0.384. The van der Waals surface area contributed by atoms with Crippen LogP contribution in [0.4, 0.5) is 11.4 Å². The number of nitrogens with zero attached hydrogens (tertiary/aromatic N) is 1. The highest BCUT2D eigenvalue weighted by Gasteiger charge is 2.11. The summed E-state index contributed by atoms with van der Waals surface area (Å²) < 4.78 is 10.3. The monoisotopic (exact) mass is 282 g/mol. The summed E-state index contributed by atoms with van der Waals surface area (Å²) in [6.07, 6.45) is 0. The molecule has 0 radical (unpaired) electrons. The molecule has 6 nitrogen and oxygen atoms in total. The Kier molecular flexibility index (Phi) is 3.91. The van der Waals surface area contributed by atoms with Gasteiger partial charge in [0, 0.05) is 6.07 Å². The molecular weight excluding hydrogens is 272 g/mol. The van der Waals surface area contributed by atoms with Crippen LogP contribution in [-0.4, -0.2) is 12.0 Å². The number of non-ortho nitro benzene ring substituents is 1. The normalized spacial score (nSPS) is 10.2. The number of benzene rings is 1. The van der Waals surface area contributed by atoms with Crippen LogP contribution >= 0.6 is 11.6 Å². The summed E-state index contributed by atoms with van der Waals surface area (Å²) in [5.41, 5.74) is 0.615. The van der Waals surface area contributed by atoms with Crippen molar-refractivity contribution in [2.45, 2.75) is 6.54 Å². The van der Waals surface area contributed by atoms with Crippen molar-refractivity contribution in [2.24, 2.45) is 0 Å². The van der Waals surface area contributed by atoms with Crippen molar-refractivity contribution in [3.05, 3.63) is 51.4 Å². The maximum atomic E-state index is 10.7. The van der Waals surface area contributed by atoms with E-state index in [-0.39, 0.29) is 5.69 Å². The molecule has 0 spiro atoms. The van der Waals surface area contributed by atoms with Gasteiger partial charge in [-0.3, -0.25) is 10.1 Å². The maximum Gasteiger partial charge on any atom is 0.273 e. The summed E-state index contributed by atoms with van der Waals surface area (Å²) in [5, 5.41) is 14.0. The van der Waals surface area contributed by atoms with Gasteiger partial charge in [-0.1, -0.05) is 0 Å². The SMILES string of the molecule is COc1cc([N+](=O)[O-])ccc1NCc1ccc(Cl)o1. The Bertz CT molecular complexity index is 597. The fourth-order valence-electron chi connectivity index (χ4n) is 1.57. The molecule has 0 bridgehead atoms. The Morgan fingerprint density at radius 3 is 2.79 bits per heavy atom. The van der Waals surface area contributed by atoms with E-state index in [0.29, 0.717) is 29.0 Å². The van der Waals surface area contributed by atoms with Crippen LogP contribution < -0.4 is 10.1 Å². The number of methoxy groups -OCH3 is 1. The molecule has 1 N–H and O–H groups in total. The molecule has 0 saturated heterocycles. The van der Waals surface area contributed by atoms with Gasteiger partial charge >= 0.3 is 0 Å². The number of rotatable bonds is 5.